The number of carbonyl (C=O) groups is 1. The molecule has 12 heteroatoms. The highest BCUT2D eigenvalue weighted by molar-refractivity contribution is 14.0. The molecule has 0 bridgehead atoms. The monoisotopic (exact) mass is 540 g/mol. The number of piperazine rings is 1. The van der Waals surface area contributed by atoms with Gasteiger partial charge in [-0.25, -0.2) is 13.4 Å². The lowest BCUT2D eigenvalue weighted by Crippen LogP contribution is -2.54. The second kappa shape index (κ2) is 11.5. The molecule has 1 aliphatic rings. The Morgan fingerprint density at radius 3 is 2.52 bits per heavy atom. The van der Waals surface area contributed by atoms with Crippen LogP contribution in [0.5, 0.6) is 0 Å². The third-order valence-electron chi connectivity index (χ3n) is 4.16. The van der Waals surface area contributed by atoms with E-state index in [0.29, 0.717) is 44.4 Å². The highest BCUT2D eigenvalue weighted by Gasteiger charge is 2.29. The van der Waals surface area contributed by atoms with Crippen LogP contribution in [0, 0.1) is 0 Å². The summed E-state index contributed by atoms with van der Waals surface area (Å²) in [6.07, 6.45) is 1.35. The smallest absolute Gasteiger partial charge is 0.243 e. The van der Waals surface area contributed by atoms with Gasteiger partial charge in [0.2, 0.25) is 15.9 Å². The van der Waals surface area contributed by atoms with Gasteiger partial charge in [-0.05, 0) is 6.92 Å². The van der Waals surface area contributed by atoms with Crippen LogP contribution in [-0.2, 0) is 20.6 Å². The van der Waals surface area contributed by atoms with Crippen molar-refractivity contribution >= 4 is 45.9 Å². The molecule has 0 aliphatic carbocycles. The van der Waals surface area contributed by atoms with Crippen molar-refractivity contribution in [1.82, 2.24) is 24.6 Å². The first-order chi connectivity index (χ1) is 13.2. The Balaban J connectivity index is 0.00000420. The number of halogens is 1. The van der Waals surface area contributed by atoms with Gasteiger partial charge in [0.05, 0.1) is 5.69 Å². The molecule has 0 unspecified atom stereocenters. The predicted molar refractivity (Wildman–Crippen MR) is 122 cm³/mol. The number of carbonyl (C=O) groups excluding carboxylic acids is 1. The van der Waals surface area contributed by atoms with Crippen LogP contribution in [0.4, 0.5) is 0 Å². The van der Waals surface area contributed by atoms with Gasteiger partial charge in [-0.1, -0.05) is 17.3 Å². The summed E-state index contributed by atoms with van der Waals surface area (Å²) in [6.45, 7) is 7.90. The first kappa shape index (κ1) is 25.4. The number of nitrogens with one attached hydrogen (secondary N) is 1. The summed E-state index contributed by atoms with van der Waals surface area (Å²) in [4.78, 5) is 19.7. The number of aromatic nitrogens is 1. The third-order valence-corrected chi connectivity index (χ3v) is 5.98. The van der Waals surface area contributed by atoms with E-state index >= 15 is 0 Å². The standard InChI is InChI=1S/C17H28N6O4S.HI/c1-14(2)11-18-17(19-12-16(24)21(3)4)22-6-8-23(9-7-22)28(25,26)13-15-5-10-27-20-15;/h5,10H,1,6-9,11-13H2,2-4H3,(H,18,19);1H. The van der Waals surface area contributed by atoms with Crippen molar-refractivity contribution in [3.05, 3.63) is 30.2 Å². The highest BCUT2D eigenvalue weighted by atomic mass is 127. The quantitative estimate of drug-likeness (QED) is 0.230. The number of hydrogen-bond donors (Lipinski definition) is 1. The zero-order chi connectivity index (χ0) is 20.7. The summed E-state index contributed by atoms with van der Waals surface area (Å²) in [5.41, 5.74) is 1.32. The van der Waals surface area contributed by atoms with E-state index in [1.165, 1.54) is 15.5 Å². The Bertz CT molecular complexity index is 802. The molecule has 29 heavy (non-hydrogen) atoms. The van der Waals surface area contributed by atoms with Crippen molar-refractivity contribution in [3.63, 3.8) is 0 Å². The summed E-state index contributed by atoms with van der Waals surface area (Å²) in [7, 11) is -0.113. The van der Waals surface area contributed by atoms with Crippen LogP contribution in [0.15, 0.2) is 34.0 Å². The molecule has 1 N–H and O–H groups in total. The number of sulfonamides is 1. The van der Waals surface area contributed by atoms with Gasteiger partial charge in [0.15, 0.2) is 5.96 Å². The van der Waals surface area contributed by atoms with Crippen molar-refractivity contribution < 1.29 is 17.7 Å². The van der Waals surface area contributed by atoms with Crippen LogP contribution in [0.25, 0.3) is 0 Å². The first-order valence-corrected chi connectivity index (χ1v) is 10.5. The molecule has 1 saturated heterocycles. The minimum absolute atomic E-state index is 0. The van der Waals surface area contributed by atoms with Crippen LogP contribution in [0.1, 0.15) is 12.6 Å². The van der Waals surface area contributed by atoms with Gasteiger partial charge in [-0.2, -0.15) is 4.31 Å². The zero-order valence-corrected chi connectivity index (χ0v) is 20.1. The Hall–Kier alpha value is -1.67. The van der Waals surface area contributed by atoms with Crippen molar-refractivity contribution in [1.29, 1.82) is 0 Å². The van der Waals surface area contributed by atoms with E-state index in [1.807, 2.05) is 11.8 Å². The van der Waals surface area contributed by atoms with E-state index in [4.69, 9.17) is 4.52 Å². The van der Waals surface area contributed by atoms with Gasteiger partial charge in [0.1, 0.15) is 18.6 Å². The number of likely N-dealkylation sites (N-methyl/N-ethyl adjacent to an activating group) is 1. The molecule has 1 aliphatic heterocycles. The summed E-state index contributed by atoms with van der Waals surface area (Å²) < 4.78 is 31.3. The minimum Gasteiger partial charge on any atom is -0.364 e. The molecule has 0 radical (unpaired) electrons. The van der Waals surface area contributed by atoms with Crippen molar-refractivity contribution in [2.24, 2.45) is 4.99 Å². The molecule has 0 saturated carbocycles. The number of amides is 1. The van der Waals surface area contributed by atoms with Crippen molar-refractivity contribution in [2.75, 3.05) is 53.4 Å². The minimum atomic E-state index is -3.47. The predicted octanol–water partition coefficient (Wildman–Crippen LogP) is 0.350. The Labute approximate surface area is 189 Å². The van der Waals surface area contributed by atoms with Crippen molar-refractivity contribution in [2.45, 2.75) is 12.7 Å². The maximum Gasteiger partial charge on any atom is 0.243 e. The first-order valence-electron chi connectivity index (χ1n) is 8.94. The molecule has 0 atom stereocenters. The lowest BCUT2D eigenvalue weighted by Gasteiger charge is -2.36. The van der Waals surface area contributed by atoms with E-state index in [2.05, 4.69) is 22.0 Å². The van der Waals surface area contributed by atoms with Gasteiger partial charge in [-0.3, -0.25) is 4.79 Å². The highest BCUT2D eigenvalue weighted by Crippen LogP contribution is 2.13. The number of nitrogens with zero attached hydrogens (tertiary/aromatic N) is 5. The van der Waals surface area contributed by atoms with E-state index in [1.54, 1.807) is 20.2 Å². The normalized spacial score (nSPS) is 15.6. The fourth-order valence-corrected chi connectivity index (χ4v) is 3.97. The largest absolute Gasteiger partial charge is 0.364 e. The number of aliphatic imine (C=N–C) groups is 1. The van der Waals surface area contributed by atoms with E-state index in [9.17, 15) is 13.2 Å². The molecule has 1 fully saturated rings. The summed E-state index contributed by atoms with van der Waals surface area (Å²) in [5, 5.41) is 6.86. The molecular formula is C17H29IN6O4S. The summed E-state index contributed by atoms with van der Waals surface area (Å²) in [6, 6.07) is 1.54. The second-order valence-corrected chi connectivity index (χ2v) is 8.84. The van der Waals surface area contributed by atoms with Crippen LogP contribution in [-0.4, -0.2) is 92.9 Å². The van der Waals surface area contributed by atoms with E-state index in [-0.39, 0.29) is 42.2 Å². The fourth-order valence-electron chi connectivity index (χ4n) is 2.55. The molecule has 0 aromatic carbocycles. The average molecular weight is 540 g/mol. The van der Waals surface area contributed by atoms with Crippen LogP contribution in [0.3, 0.4) is 0 Å². The molecule has 2 rings (SSSR count). The topological polar surface area (TPSA) is 111 Å². The molecule has 1 aromatic rings. The summed E-state index contributed by atoms with van der Waals surface area (Å²) in [5.74, 6) is 0.283. The SMILES string of the molecule is C=C(C)CNC(=NCC(=O)N(C)C)N1CCN(S(=O)(=O)Cc2ccon2)CC1.I. The maximum absolute atomic E-state index is 12.6. The molecule has 10 nitrogen and oxygen atoms in total. The number of guanidine groups is 1. The van der Waals surface area contributed by atoms with Crippen LogP contribution in [0.2, 0.25) is 0 Å². The van der Waals surface area contributed by atoms with Gasteiger partial charge in [0.25, 0.3) is 0 Å². The average Bonchev–Trinajstić information content (AvgIpc) is 3.13. The molecule has 0 spiro atoms. The number of rotatable bonds is 7. The zero-order valence-electron chi connectivity index (χ0n) is 17.0. The van der Waals surface area contributed by atoms with Crippen LogP contribution >= 0.6 is 24.0 Å². The molecule has 1 aromatic heterocycles. The maximum atomic E-state index is 12.6. The van der Waals surface area contributed by atoms with Crippen LogP contribution < -0.4 is 5.32 Å². The summed E-state index contributed by atoms with van der Waals surface area (Å²) >= 11 is 0. The van der Waals surface area contributed by atoms with Gasteiger partial charge in [0, 0.05) is 52.9 Å². The van der Waals surface area contributed by atoms with E-state index < -0.39 is 10.0 Å². The third kappa shape index (κ3) is 7.93. The van der Waals surface area contributed by atoms with Gasteiger partial charge >= 0.3 is 0 Å². The molecule has 164 valence electrons. The van der Waals surface area contributed by atoms with Crippen molar-refractivity contribution in [3.8, 4) is 0 Å². The number of hydrogen-bond acceptors (Lipinski definition) is 6. The molecular weight excluding hydrogens is 511 g/mol. The Morgan fingerprint density at radius 1 is 1.34 bits per heavy atom. The Morgan fingerprint density at radius 2 is 2.00 bits per heavy atom. The second-order valence-electron chi connectivity index (χ2n) is 6.87. The molecule has 1 amide bonds. The Kier molecular flexibility index (Phi) is 10.1. The van der Waals surface area contributed by atoms with Gasteiger partial charge < -0.3 is 19.6 Å². The lowest BCUT2D eigenvalue weighted by atomic mass is 10.3. The molecule has 2 heterocycles. The fraction of sp³-hybridized carbons (Fsp3) is 0.588. The van der Waals surface area contributed by atoms with Gasteiger partial charge in [-0.15, -0.1) is 24.0 Å². The lowest BCUT2D eigenvalue weighted by molar-refractivity contribution is -0.127. The van der Waals surface area contributed by atoms with E-state index in [0.717, 1.165) is 5.57 Å².